The molecule has 3 rings (SSSR count). The van der Waals surface area contributed by atoms with Crippen molar-refractivity contribution >= 4 is 23.6 Å². The van der Waals surface area contributed by atoms with Crippen molar-refractivity contribution in [3.8, 4) is 0 Å². The van der Waals surface area contributed by atoms with Crippen LogP contribution in [0, 0.1) is 13.8 Å². The van der Waals surface area contributed by atoms with E-state index in [4.69, 9.17) is 0 Å². The number of piperazine rings is 1. The van der Waals surface area contributed by atoms with Gasteiger partial charge in [-0.2, -0.15) is 0 Å². The zero-order valence-corrected chi connectivity index (χ0v) is 17.2. The summed E-state index contributed by atoms with van der Waals surface area (Å²) in [6.07, 6.45) is 4.17. The number of aryl methyl sites for hydroxylation is 1. The molecule has 0 saturated carbocycles. The Kier molecular flexibility index (Phi) is 7.19. The topological polar surface area (TPSA) is 52.7 Å². The molecule has 0 aromatic heterocycles. The zero-order chi connectivity index (χ0) is 20.6. The molecule has 2 aromatic rings. The van der Waals surface area contributed by atoms with Crippen molar-refractivity contribution < 1.29 is 9.59 Å². The minimum Gasteiger partial charge on any atom is -0.340 e. The van der Waals surface area contributed by atoms with Gasteiger partial charge in [-0.05, 0) is 36.6 Å². The quantitative estimate of drug-likeness (QED) is 0.767. The van der Waals surface area contributed by atoms with E-state index >= 15 is 0 Å². The number of carbonyl (C=O) groups is 2. The van der Waals surface area contributed by atoms with E-state index in [0.29, 0.717) is 13.1 Å². The van der Waals surface area contributed by atoms with E-state index in [1.54, 1.807) is 4.90 Å². The Labute approximate surface area is 173 Å². The third-order valence-corrected chi connectivity index (χ3v) is 5.39. The summed E-state index contributed by atoms with van der Waals surface area (Å²) in [7, 11) is 0. The standard InChI is InChI=1S/C24H29N3O2/c1-19-8-6-12-22(20(19)2)25-23(28)18-24(29)27-16-14-26(15-17-27)13-7-11-21-9-4-3-5-10-21/h3-12H,13-18H2,1-2H3,(H,25,28)/b11-7+. The normalized spacial score (nSPS) is 14.9. The Bertz CT molecular complexity index is 869. The number of nitrogens with zero attached hydrogens (tertiary/aromatic N) is 2. The third kappa shape index (κ3) is 6.03. The average Bonchev–Trinajstić information content (AvgIpc) is 2.72. The van der Waals surface area contributed by atoms with Crippen molar-refractivity contribution in [2.24, 2.45) is 0 Å². The molecule has 152 valence electrons. The van der Waals surface area contributed by atoms with Crippen LogP contribution in [-0.2, 0) is 9.59 Å². The van der Waals surface area contributed by atoms with E-state index in [0.717, 1.165) is 36.4 Å². The van der Waals surface area contributed by atoms with Crippen molar-refractivity contribution in [1.82, 2.24) is 9.80 Å². The van der Waals surface area contributed by atoms with E-state index in [9.17, 15) is 9.59 Å². The molecule has 1 saturated heterocycles. The summed E-state index contributed by atoms with van der Waals surface area (Å²) in [5.74, 6) is -0.357. The van der Waals surface area contributed by atoms with E-state index < -0.39 is 0 Å². The maximum atomic E-state index is 12.5. The van der Waals surface area contributed by atoms with Gasteiger partial charge in [0.1, 0.15) is 6.42 Å². The molecule has 2 aromatic carbocycles. The predicted molar refractivity (Wildman–Crippen MR) is 118 cm³/mol. The smallest absolute Gasteiger partial charge is 0.233 e. The highest BCUT2D eigenvalue weighted by Gasteiger charge is 2.22. The van der Waals surface area contributed by atoms with Crippen LogP contribution in [0.25, 0.3) is 6.08 Å². The first-order chi connectivity index (χ1) is 14.0. The first kappa shape index (κ1) is 20.8. The lowest BCUT2D eigenvalue weighted by Gasteiger charge is -2.34. The van der Waals surface area contributed by atoms with Crippen molar-refractivity contribution in [3.05, 3.63) is 71.3 Å². The SMILES string of the molecule is Cc1cccc(NC(=O)CC(=O)N2CCN(C/C=C/c3ccccc3)CC2)c1C. The maximum Gasteiger partial charge on any atom is 0.233 e. The molecule has 0 unspecified atom stereocenters. The number of amides is 2. The van der Waals surface area contributed by atoms with Crippen LogP contribution in [0.1, 0.15) is 23.1 Å². The number of carbonyl (C=O) groups excluding carboxylic acids is 2. The van der Waals surface area contributed by atoms with Crippen molar-refractivity contribution in [2.75, 3.05) is 38.0 Å². The van der Waals surface area contributed by atoms with E-state index in [1.807, 2.05) is 50.2 Å². The predicted octanol–water partition coefficient (Wildman–Crippen LogP) is 3.49. The molecule has 1 N–H and O–H groups in total. The molecule has 5 nitrogen and oxygen atoms in total. The van der Waals surface area contributed by atoms with Gasteiger partial charge in [0.25, 0.3) is 0 Å². The third-order valence-electron chi connectivity index (χ3n) is 5.39. The summed E-state index contributed by atoms with van der Waals surface area (Å²) in [5.41, 5.74) is 4.12. The second kappa shape index (κ2) is 10.0. The van der Waals surface area contributed by atoms with Gasteiger partial charge in [0.15, 0.2) is 0 Å². The Hall–Kier alpha value is -2.92. The maximum absolute atomic E-state index is 12.5. The summed E-state index contributed by atoms with van der Waals surface area (Å²) in [6.45, 7) is 7.81. The lowest BCUT2D eigenvalue weighted by atomic mass is 10.1. The van der Waals surface area contributed by atoms with Gasteiger partial charge in [0, 0.05) is 38.4 Å². The van der Waals surface area contributed by atoms with Gasteiger partial charge >= 0.3 is 0 Å². The molecule has 1 heterocycles. The minimum atomic E-state index is -0.253. The molecule has 29 heavy (non-hydrogen) atoms. The molecular weight excluding hydrogens is 362 g/mol. The summed E-state index contributed by atoms with van der Waals surface area (Å²) in [6, 6.07) is 16.0. The number of rotatable bonds is 6. The van der Waals surface area contributed by atoms with Gasteiger partial charge in [-0.3, -0.25) is 14.5 Å². The largest absolute Gasteiger partial charge is 0.340 e. The number of hydrogen-bond donors (Lipinski definition) is 1. The van der Waals surface area contributed by atoms with E-state index in [2.05, 4.69) is 34.5 Å². The minimum absolute atomic E-state index is 0.104. The van der Waals surface area contributed by atoms with Crippen molar-refractivity contribution in [2.45, 2.75) is 20.3 Å². The van der Waals surface area contributed by atoms with Crippen molar-refractivity contribution in [3.63, 3.8) is 0 Å². The lowest BCUT2D eigenvalue weighted by Crippen LogP contribution is -2.49. The van der Waals surface area contributed by atoms with Crippen LogP contribution in [0.15, 0.2) is 54.6 Å². The van der Waals surface area contributed by atoms with Gasteiger partial charge in [-0.1, -0.05) is 54.6 Å². The van der Waals surface area contributed by atoms with E-state index in [-0.39, 0.29) is 18.2 Å². The molecule has 0 atom stereocenters. The average molecular weight is 392 g/mol. The second-order valence-electron chi connectivity index (χ2n) is 7.47. The molecule has 1 aliphatic heterocycles. The Balaban J connectivity index is 1.42. The molecule has 0 bridgehead atoms. The Morgan fingerprint density at radius 1 is 0.966 bits per heavy atom. The van der Waals surface area contributed by atoms with Crippen LogP contribution in [0.5, 0.6) is 0 Å². The van der Waals surface area contributed by atoms with Crippen molar-refractivity contribution in [1.29, 1.82) is 0 Å². The summed E-state index contributed by atoms with van der Waals surface area (Å²) >= 11 is 0. The van der Waals surface area contributed by atoms with Crippen LogP contribution in [-0.4, -0.2) is 54.3 Å². The molecule has 2 amide bonds. The zero-order valence-electron chi connectivity index (χ0n) is 17.2. The summed E-state index contributed by atoms with van der Waals surface area (Å²) in [5, 5.41) is 2.87. The molecule has 0 aliphatic carbocycles. The first-order valence-corrected chi connectivity index (χ1v) is 10.1. The monoisotopic (exact) mass is 391 g/mol. The van der Waals surface area contributed by atoms with Gasteiger partial charge < -0.3 is 10.2 Å². The van der Waals surface area contributed by atoms with Gasteiger partial charge in [0.2, 0.25) is 11.8 Å². The van der Waals surface area contributed by atoms with Gasteiger partial charge in [-0.25, -0.2) is 0 Å². The molecular formula is C24H29N3O2. The molecule has 5 heteroatoms. The summed E-state index contributed by atoms with van der Waals surface area (Å²) < 4.78 is 0. The number of nitrogens with one attached hydrogen (secondary N) is 1. The van der Waals surface area contributed by atoms with Crippen LogP contribution in [0.2, 0.25) is 0 Å². The fraction of sp³-hybridized carbons (Fsp3) is 0.333. The van der Waals surface area contributed by atoms with Crippen LogP contribution in [0.3, 0.4) is 0 Å². The fourth-order valence-corrected chi connectivity index (χ4v) is 3.41. The Morgan fingerprint density at radius 2 is 1.69 bits per heavy atom. The van der Waals surface area contributed by atoms with Crippen LogP contribution in [0.4, 0.5) is 5.69 Å². The molecule has 0 radical (unpaired) electrons. The molecule has 1 aliphatic rings. The lowest BCUT2D eigenvalue weighted by molar-refractivity contribution is -0.136. The molecule has 0 spiro atoms. The van der Waals surface area contributed by atoms with Gasteiger partial charge in [0.05, 0.1) is 0 Å². The number of benzene rings is 2. The highest BCUT2D eigenvalue weighted by Crippen LogP contribution is 2.18. The number of hydrogen-bond acceptors (Lipinski definition) is 3. The van der Waals surface area contributed by atoms with E-state index in [1.165, 1.54) is 5.56 Å². The first-order valence-electron chi connectivity index (χ1n) is 10.1. The summed E-state index contributed by atoms with van der Waals surface area (Å²) in [4.78, 5) is 28.9. The highest BCUT2D eigenvalue weighted by atomic mass is 16.2. The highest BCUT2D eigenvalue weighted by molar-refractivity contribution is 6.03. The fourth-order valence-electron chi connectivity index (χ4n) is 3.41. The van der Waals surface area contributed by atoms with Gasteiger partial charge in [-0.15, -0.1) is 0 Å². The second-order valence-corrected chi connectivity index (χ2v) is 7.47. The van der Waals surface area contributed by atoms with Crippen LogP contribution < -0.4 is 5.32 Å². The number of anilines is 1. The molecule has 1 fully saturated rings. The van der Waals surface area contributed by atoms with Crippen LogP contribution >= 0.6 is 0 Å². The Morgan fingerprint density at radius 3 is 2.41 bits per heavy atom.